The number of hydrogen-bond acceptors (Lipinski definition) is 4. The highest BCUT2D eigenvalue weighted by atomic mass is 16.5. The third-order valence-corrected chi connectivity index (χ3v) is 4.72. The van der Waals surface area contributed by atoms with Gasteiger partial charge in [0.15, 0.2) is 0 Å². The van der Waals surface area contributed by atoms with Crippen molar-refractivity contribution in [3.05, 3.63) is 48.0 Å². The van der Waals surface area contributed by atoms with Crippen molar-refractivity contribution in [2.75, 3.05) is 20.3 Å². The Labute approximate surface area is 154 Å². The largest absolute Gasteiger partial charge is 0.497 e. The molecule has 1 aromatic heterocycles. The molecule has 26 heavy (non-hydrogen) atoms. The van der Waals surface area contributed by atoms with E-state index in [9.17, 15) is 4.79 Å². The molecule has 1 aromatic carbocycles. The molecule has 0 radical (unpaired) electrons. The molecule has 140 valence electrons. The van der Waals surface area contributed by atoms with Gasteiger partial charge in [0.25, 0.3) is 0 Å². The van der Waals surface area contributed by atoms with Crippen molar-refractivity contribution in [1.29, 1.82) is 0 Å². The van der Waals surface area contributed by atoms with Gasteiger partial charge < -0.3 is 18.9 Å². The number of carbonyl (C=O) groups is 1. The molecule has 1 atom stereocenters. The number of benzene rings is 1. The molecule has 0 aliphatic carbocycles. The number of ether oxygens (including phenoxy) is 2. The van der Waals surface area contributed by atoms with Gasteiger partial charge in [-0.15, -0.1) is 0 Å². The number of imidazole rings is 1. The van der Waals surface area contributed by atoms with E-state index in [1.165, 1.54) is 0 Å². The molecule has 1 aliphatic rings. The Morgan fingerprint density at radius 3 is 3.08 bits per heavy atom. The second-order valence-electron chi connectivity index (χ2n) is 6.59. The zero-order valence-electron chi connectivity index (χ0n) is 15.6. The van der Waals surface area contributed by atoms with Gasteiger partial charge in [-0.2, -0.15) is 0 Å². The van der Waals surface area contributed by atoms with Gasteiger partial charge in [-0.3, -0.25) is 4.79 Å². The fourth-order valence-electron chi connectivity index (χ4n) is 3.29. The average molecular weight is 357 g/mol. The van der Waals surface area contributed by atoms with Gasteiger partial charge in [-0.1, -0.05) is 19.1 Å². The number of aromatic nitrogens is 2. The predicted molar refractivity (Wildman–Crippen MR) is 99.0 cm³/mol. The van der Waals surface area contributed by atoms with Crippen LogP contribution in [0.2, 0.25) is 0 Å². The number of amides is 1. The van der Waals surface area contributed by atoms with Crippen LogP contribution in [0.1, 0.15) is 37.6 Å². The van der Waals surface area contributed by atoms with Crippen molar-refractivity contribution < 1.29 is 14.3 Å². The van der Waals surface area contributed by atoms with E-state index >= 15 is 0 Å². The topological polar surface area (TPSA) is 56.6 Å². The number of hydrogen-bond donors (Lipinski definition) is 0. The minimum Gasteiger partial charge on any atom is -0.497 e. The Morgan fingerprint density at radius 1 is 1.46 bits per heavy atom. The molecule has 1 amide bonds. The van der Waals surface area contributed by atoms with E-state index in [0.717, 1.165) is 36.6 Å². The quantitative estimate of drug-likeness (QED) is 0.729. The van der Waals surface area contributed by atoms with Crippen LogP contribution in [0.3, 0.4) is 0 Å². The molecule has 1 saturated heterocycles. The second kappa shape index (κ2) is 8.85. The molecule has 2 aromatic rings. The summed E-state index contributed by atoms with van der Waals surface area (Å²) in [4.78, 5) is 18.8. The number of nitrogens with zero attached hydrogens (tertiary/aromatic N) is 3. The summed E-state index contributed by atoms with van der Waals surface area (Å²) in [6.45, 7) is 4.53. The van der Waals surface area contributed by atoms with Crippen molar-refractivity contribution in [1.82, 2.24) is 14.5 Å². The summed E-state index contributed by atoms with van der Waals surface area (Å²) in [5.41, 5.74) is 1.14. The summed E-state index contributed by atoms with van der Waals surface area (Å²) >= 11 is 0. The van der Waals surface area contributed by atoms with Crippen LogP contribution in [0.25, 0.3) is 0 Å². The predicted octanol–water partition coefficient (Wildman–Crippen LogP) is 2.86. The van der Waals surface area contributed by atoms with Crippen molar-refractivity contribution in [2.24, 2.45) is 0 Å². The Hall–Kier alpha value is -2.34. The smallest absolute Gasteiger partial charge is 0.222 e. The van der Waals surface area contributed by atoms with Crippen molar-refractivity contribution in [2.45, 2.75) is 45.4 Å². The Bertz CT molecular complexity index is 723. The molecule has 0 saturated carbocycles. The molecule has 1 aliphatic heterocycles. The third-order valence-electron chi connectivity index (χ3n) is 4.72. The van der Waals surface area contributed by atoms with Crippen LogP contribution >= 0.6 is 0 Å². The highest BCUT2D eigenvalue weighted by Crippen LogP contribution is 2.17. The van der Waals surface area contributed by atoms with Gasteiger partial charge in [-0.25, -0.2) is 4.98 Å². The summed E-state index contributed by atoms with van der Waals surface area (Å²) in [5, 5.41) is 0. The number of carbonyl (C=O) groups excluding carboxylic acids is 1. The van der Waals surface area contributed by atoms with E-state index in [-0.39, 0.29) is 12.0 Å². The Morgan fingerprint density at radius 2 is 2.35 bits per heavy atom. The third kappa shape index (κ3) is 4.64. The fourth-order valence-corrected chi connectivity index (χ4v) is 3.29. The van der Waals surface area contributed by atoms with Crippen LogP contribution in [0.15, 0.2) is 36.7 Å². The molecule has 0 spiro atoms. The maximum Gasteiger partial charge on any atom is 0.222 e. The van der Waals surface area contributed by atoms with Crippen molar-refractivity contribution in [3.63, 3.8) is 0 Å². The van der Waals surface area contributed by atoms with Gasteiger partial charge in [0.2, 0.25) is 5.91 Å². The fraction of sp³-hybridized carbons (Fsp3) is 0.500. The van der Waals surface area contributed by atoms with Gasteiger partial charge in [0, 0.05) is 38.5 Å². The first-order valence-electron chi connectivity index (χ1n) is 9.22. The lowest BCUT2D eigenvalue weighted by molar-refractivity contribution is -0.133. The zero-order valence-corrected chi connectivity index (χ0v) is 15.6. The maximum absolute atomic E-state index is 12.4. The number of rotatable bonds is 8. The molecular formula is C20H27N3O3. The molecule has 6 nitrogen and oxygen atoms in total. The van der Waals surface area contributed by atoms with Gasteiger partial charge in [0.05, 0.1) is 19.8 Å². The highest BCUT2D eigenvalue weighted by molar-refractivity contribution is 5.75. The zero-order chi connectivity index (χ0) is 18.4. The van der Waals surface area contributed by atoms with Crippen molar-refractivity contribution in [3.8, 4) is 5.75 Å². The molecule has 1 unspecified atom stereocenters. The lowest BCUT2D eigenvalue weighted by atomic mass is 10.2. The van der Waals surface area contributed by atoms with E-state index < -0.39 is 0 Å². The Kier molecular flexibility index (Phi) is 6.28. The Balaban J connectivity index is 1.71. The summed E-state index contributed by atoms with van der Waals surface area (Å²) in [7, 11) is 1.67. The van der Waals surface area contributed by atoms with E-state index in [1.54, 1.807) is 13.3 Å². The molecule has 3 rings (SSSR count). The summed E-state index contributed by atoms with van der Waals surface area (Å²) in [5.74, 6) is 1.86. The van der Waals surface area contributed by atoms with Crippen LogP contribution in [0.4, 0.5) is 0 Å². The van der Waals surface area contributed by atoms with Crippen LogP contribution in [-0.2, 0) is 22.6 Å². The molecule has 6 heteroatoms. The van der Waals surface area contributed by atoms with E-state index in [0.29, 0.717) is 26.1 Å². The summed E-state index contributed by atoms with van der Waals surface area (Å²) < 4.78 is 13.1. The minimum atomic E-state index is 0.136. The lowest BCUT2D eigenvalue weighted by Crippen LogP contribution is -2.37. The van der Waals surface area contributed by atoms with E-state index in [2.05, 4.69) is 15.6 Å². The minimum absolute atomic E-state index is 0.136. The number of methoxy groups -OCH3 is 1. The van der Waals surface area contributed by atoms with Crippen LogP contribution in [-0.4, -0.2) is 46.7 Å². The van der Waals surface area contributed by atoms with E-state index in [1.807, 2.05) is 36.2 Å². The summed E-state index contributed by atoms with van der Waals surface area (Å²) in [6.07, 6.45) is 6.47. The van der Waals surface area contributed by atoms with Gasteiger partial charge in [-0.05, 0) is 30.5 Å². The first kappa shape index (κ1) is 18.5. The second-order valence-corrected chi connectivity index (χ2v) is 6.59. The SMILES string of the molecule is CCC(=O)N(Cc1nccn1Cc1cccc(OC)c1)CC1CCCO1. The van der Waals surface area contributed by atoms with Gasteiger partial charge >= 0.3 is 0 Å². The molecule has 2 heterocycles. The highest BCUT2D eigenvalue weighted by Gasteiger charge is 2.23. The molecule has 0 N–H and O–H groups in total. The van der Waals surface area contributed by atoms with Crippen LogP contribution in [0, 0.1) is 0 Å². The normalized spacial score (nSPS) is 16.6. The van der Waals surface area contributed by atoms with Crippen LogP contribution in [0.5, 0.6) is 5.75 Å². The molecule has 0 bridgehead atoms. The maximum atomic E-state index is 12.4. The lowest BCUT2D eigenvalue weighted by Gasteiger charge is -2.25. The standard InChI is InChI=1S/C20H27N3O3/c1-3-20(24)23(14-18-8-5-11-26-18)15-19-21-9-10-22(19)13-16-6-4-7-17(12-16)25-2/h4,6-7,9-10,12,18H,3,5,8,11,13-15H2,1-2H3. The van der Waals surface area contributed by atoms with E-state index in [4.69, 9.17) is 9.47 Å². The average Bonchev–Trinajstić information content (AvgIpc) is 3.33. The van der Waals surface area contributed by atoms with Gasteiger partial charge in [0.1, 0.15) is 11.6 Å². The monoisotopic (exact) mass is 357 g/mol. The molecular weight excluding hydrogens is 330 g/mol. The first-order chi connectivity index (χ1) is 12.7. The first-order valence-corrected chi connectivity index (χ1v) is 9.22. The van der Waals surface area contributed by atoms with Crippen LogP contribution < -0.4 is 4.74 Å². The summed E-state index contributed by atoms with van der Waals surface area (Å²) in [6, 6.07) is 8.00. The molecule has 1 fully saturated rings. The van der Waals surface area contributed by atoms with Crippen molar-refractivity contribution >= 4 is 5.91 Å².